The number of phenols is 2. The van der Waals surface area contributed by atoms with Gasteiger partial charge in [0, 0.05) is 10.9 Å². The Bertz CT molecular complexity index is 2530. The third-order valence-electron chi connectivity index (χ3n) is 8.63. The van der Waals surface area contributed by atoms with Crippen LogP contribution in [0.25, 0.3) is 88.0 Å². The molecule has 206 valence electrons. The summed E-state index contributed by atoms with van der Waals surface area (Å²) in [6.07, 6.45) is 0. The number of hydrogen-bond donors (Lipinski definition) is 2. The van der Waals surface area contributed by atoms with Crippen LogP contribution < -0.4 is 0 Å². The Balaban J connectivity index is 1.35. The van der Waals surface area contributed by atoms with Gasteiger partial charge in [-0.1, -0.05) is 103 Å². The number of phenolic OH excluding ortho intramolecular Hbond substituents is 2. The van der Waals surface area contributed by atoms with Crippen LogP contribution in [0.5, 0.6) is 11.5 Å². The number of benzene rings is 8. The SMILES string of the molecule is Oc1ccc2ccccc2c1-c1nc(-c2cc3ccc4cccc5ccc(c2)c3c45)nc(-c2ccc3ccccc3c2O)n1. The van der Waals surface area contributed by atoms with Gasteiger partial charge in [-0.05, 0) is 72.7 Å². The smallest absolute Gasteiger partial charge is 0.168 e. The number of aromatic hydroxyl groups is 2. The van der Waals surface area contributed by atoms with Gasteiger partial charge in [-0.3, -0.25) is 0 Å². The van der Waals surface area contributed by atoms with Crippen LogP contribution in [0.2, 0.25) is 0 Å². The van der Waals surface area contributed by atoms with E-state index in [4.69, 9.17) is 15.0 Å². The van der Waals surface area contributed by atoms with E-state index in [9.17, 15) is 10.2 Å². The zero-order chi connectivity index (χ0) is 29.4. The fourth-order valence-electron chi connectivity index (χ4n) is 6.55. The predicted molar refractivity (Wildman–Crippen MR) is 178 cm³/mol. The van der Waals surface area contributed by atoms with Crippen molar-refractivity contribution < 1.29 is 10.2 Å². The van der Waals surface area contributed by atoms with Crippen molar-refractivity contribution in [2.24, 2.45) is 0 Å². The molecule has 1 aromatic heterocycles. The van der Waals surface area contributed by atoms with Gasteiger partial charge in [0.1, 0.15) is 11.5 Å². The maximum Gasteiger partial charge on any atom is 0.168 e. The number of fused-ring (bicyclic) bond motifs is 2. The summed E-state index contributed by atoms with van der Waals surface area (Å²) >= 11 is 0. The molecule has 8 aromatic carbocycles. The molecule has 0 saturated carbocycles. The summed E-state index contributed by atoms with van der Waals surface area (Å²) in [7, 11) is 0. The number of nitrogens with zero attached hydrogens (tertiary/aromatic N) is 3. The van der Waals surface area contributed by atoms with Crippen molar-refractivity contribution in [3.63, 3.8) is 0 Å². The Morgan fingerprint density at radius 2 is 0.932 bits per heavy atom. The van der Waals surface area contributed by atoms with Gasteiger partial charge >= 0.3 is 0 Å². The van der Waals surface area contributed by atoms with E-state index in [0.29, 0.717) is 34.0 Å². The van der Waals surface area contributed by atoms with Gasteiger partial charge in [0.05, 0.1) is 11.1 Å². The molecule has 0 radical (unpaired) electrons. The highest BCUT2D eigenvalue weighted by Crippen LogP contribution is 2.41. The molecule has 0 saturated heterocycles. The standard InChI is InChI=1S/C39H23N3O2/c43-32-19-17-22-6-1-3-10-29(22)35(32)39-41-37(40-38(42-39)31-18-16-23-7-2-4-11-30(23)36(31)44)28-20-26-14-12-24-8-5-9-25-13-15-27(21-28)34(26)33(24)25/h1-21,43-44H. The predicted octanol–water partition coefficient (Wildman–Crippen LogP) is 9.49. The lowest BCUT2D eigenvalue weighted by atomic mass is 9.93. The van der Waals surface area contributed by atoms with Gasteiger partial charge < -0.3 is 10.2 Å². The molecule has 0 amide bonds. The highest BCUT2D eigenvalue weighted by Gasteiger charge is 2.20. The summed E-state index contributed by atoms with van der Waals surface area (Å²) in [5.41, 5.74) is 1.83. The fourth-order valence-corrected chi connectivity index (χ4v) is 6.55. The third kappa shape index (κ3) is 3.63. The minimum atomic E-state index is 0.0741. The molecule has 9 aromatic rings. The lowest BCUT2D eigenvalue weighted by Gasteiger charge is -2.14. The second-order valence-electron chi connectivity index (χ2n) is 11.2. The first-order chi connectivity index (χ1) is 21.6. The number of aromatic nitrogens is 3. The largest absolute Gasteiger partial charge is 0.507 e. The third-order valence-corrected chi connectivity index (χ3v) is 8.63. The number of rotatable bonds is 3. The molecule has 5 nitrogen and oxygen atoms in total. The van der Waals surface area contributed by atoms with Crippen LogP contribution in [-0.4, -0.2) is 25.2 Å². The second-order valence-corrected chi connectivity index (χ2v) is 11.2. The van der Waals surface area contributed by atoms with E-state index < -0.39 is 0 Å². The monoisotopic (exact) mass is 565 g/mol. The first-order valence-electron chi connectivity index (χ1n) is 14.5. The van der Waals surface area contributed by atoms with Gasteiger partial charge in [0.25, 0.3) is 0 Å². The average Bonchev–Trinajstić information content (AvgIpc) is 3.07. The molecule has 5 heteroatoms. The van der Waals surface area contributed by atoms with Gasteiger partial charge in [-0.2, -0.15) is 0 Å². The van der Waals surface area contributed by atoms with Crippen molar-refractivity contribution in [2.45, 2.75) is 0 Å². The van der Waals surface area contributed by atoms with Crippen molar-refractivity contribution in [1.82, 2.24) is 15.0 Å². The second kappa shape index (κ2) is 9.21. The quantitative estimate of drug-likeness (QED) is 0.209. The van der Waals surface area contributed by atoms with E-state index in [1.165, 1.54) is 21.5 Å². The highest BCUT2D eigenvalue weighted by atomic mass is 16.3. The van der Waals surface area contributed by atoms with Crippen LogP contribution in [0.3, 0.4) is 0 Å². The van der Waals surface area contributed by atoms with E-state index in [1.807, 2.05) is 66.7 Å². The normalized spacial score (nSPS) is 11.8. The molecule has 0 aliphatic rings. The summed E-state index contributed by atoms with van der Waals surface area (Å²) in [6.45, 7) is 0. The molecule has 0 spiro atoms. The van der Waals surface area contributed by atoms with Crippen LogP contribution >= 0.6 is 0 Å². The Labute approximate surface area is 251 Å². The minimum Gasteiger partial charge on any atom is -0.507 e. The van der Waals surface area contributed by atoms with Crippen molar-refractivity contribution in [3.8, 4) is 45.7 Å². The van der Waals surface area contributed by atoms with Gasteiger partial charge in [-0.15, -0.1) is 0 Å². The van der Waals surface area contributed by atoms with Crippen LogP contribution in [0.15, 0.2) is 127 Å². The maximum absolute atomic E-state index is 11.4. The zero-order valence-electron chi connectivity index (χ0n) is 23.4. The molecule has 0 aliphatic heterocycles. The van der Waals surface area contributed by atoms with Crippen molar-refractivity contribution in [1.29, 1.82) is 0 Å². The van der Waals surface area contributed by atoms with Crippen molar-refractivity contribution in [3.05, 3.63) is 127 Å². The zero-order valence-corrected chi connectivity index (χ0v) is 23.4. The molecular weight excluding hydrogens is 542 g/mol. The molecule has 2 N–H and O–H groups in total. The van der Waals surface area contributed by atoms with E-state index in [0.717, 1.165) is 32.5 Å². The molecular formula is C39H23N3O2. The summed E-state index contributed by atoms with van der Waals surface area (Å²) in [6, 6.07) is 42.1. The van der Waals surface area contributed by atoms with Gasteiger partial charge in [0.2, 0.25) is 0 Å². The average molecular weight is 566 g/mol. The summed E-state index contributed by atoms with van der Waals surface area (Å²) in [5.74, 6) is 1.28. The lowest BCUT2D eigenvalue weighted by molar-refractivity contribution is 0.477. The van der Waals surface area contributed by atoms with Crippen molar-refractivity contribution >= 4 is 53.9 Å². The molecule has 0 fully saturated rings. The van der Waals surface area contributed by atoms with Crippen LogP contribution in [0.4, 0.5) is 0 Å². The Kier molecular flexibility index (Phi) is 5.14. The summed E-state index contributed by atoms with van der Waals surface area (Å²) < 4.78 is 0. The van der Waals surface area contributed by atoms with Crippen LogP contribution in [0.1, 0.15) is 0 Å². The molecule has 44 heavy (non-hydrogen) atoms. The molecule has 0 unspecified atom stereocenters. The van der Waals surface area contributed by atoms with Gasteiger partial charge in [0.15, 0.2) is 17.5 Å². The van der Waals surface area contributed by atoms with Crippen LogP contribution in [-0.2, 0) is 0 Å². The van der Waals surface area contributed by atoms with E-state index in [1.54, 1.807) is 6.07 Å². The summed E-state index contributed by atoms with van der Waals surface area (Å²) in [5, 5.41) is 33.0. The highest BCUT2D eigenvalue weighted by molar-refractivity contribution is 6.23. The van der Waals surface area contributed by atoms with E-state index in [2.05, 4.69) is 54.6 Å². The molecule has 0 aliphatic carbocycles. The van der Waals surface area contributed by atoms with Crippen molar-refractivity contribution in [2.75, 3.05) is 0 Å². The van der Waals surface area contributed by atoms with E-state index in [-0.39, 0.29) is 11.5 Å². The first kappa shape index (κ1) is 24.5. The van der Waals surface area contributed by atoms with Crippen LogP contribution in [0, 0.1) is 0 Å². The minimum absolute atomic E-state index is 0.0741. The lowest BCUT2D eigenvalue weighted by Crippen LogP contribution is -2.01. The molecule has 9 rings (SSSR count). The summed E-state index contributed by atoms with van der Waals surface area (Å²) in [4.78, 5) is 14.8. The van der Waals surface area contributed by atoms with Gasteiger partial charge in [-0.25, -0.2) is 15.0 Å². The topological polar surface area (TPSA) is 79.1 Å². The molecule has 0 bridgehead atoms. The number of hydrogen-bond acceptors (Lipinski definition) is 5. The Morgan fingerprint density at radius 3 is 1.68 bits per heavy atom. The molecule has 1 heterocycles. The van der Waals surface area contributed by atoms with E-state index >= 15 is 0 Å². The Morgan fingerprint density at radius 1 is 0.409 bits per heavy atom. The molecule has 0 atom stereocenters. The Hall–Kier alpha value is -6.07. The maximum atomic E-state index is 11.4. The first-order valence-corrected chi connectivity index (χ1v) is 14.5. The fraction of sp³-hybridized carbons (Fsp3) is 0.